The summed E-state index contributed by atoms with van der Waals surface area (Å²) in [5, 5.41) is 14.1. The van der Waals surface area contributed by atoms with E-state index >= 15 is 0 Å². The molecule has 21 heavy (non-hydrogen) atoms. The molecule has 0 unspecified atom stereocenters. The molecule has 0 aliphatic heterocycles. The van der Waals surface area contributed by atoms with Crippen molar-refractivity contribution in [2.75, 3.05) is 17.6 Å². The SMILES string of the molecule is Cc1cc(NCCc2ccc(N)cc2)c(Br)cc1[N+](=O)[O-]. The maximum Gasteiger partial charge on any atom is 0.273 e. The summed E-state index contributed by atoms with van der Waals surface area (Å²) in [4.78, 5) is 10.5. The van der Waals surface area contributed by atoms with Crippen molar-refractivity contribution in [2.45, 2.75) is 13.3 Å². The third-order valence-corrected chi connectivity index (χ3v) is 3.85. The molecule has 0 aliphatic rings. The van der Waals surface area contributed by atoms with Crippen molar-refractivity contribution < 1.29 is 4.92 Å². The van der Waals surface area contributed by atoms with Gasteiger partial charge in [-0.05, 0) is 53.0 Å². The second-order valence-corrected chi connectivity index (χ2v) is 5.65. The molecule has 0 saturated carbocycles. The number of nitrogens with two attached hydrogens (primary N) is 1. The Hall–Kier alpha value is -2.08. The van der Waals surface area contributed by atoms with Crippen LogP contribution in [0.3, 0.4) is 0 Å². The summed E-state index contributed by atoms with van der Waals surface area (Å²) in [6.07, 6.45) is 0.850. The van der Waals surface area contributed by atoms with Gasteiger partial charge in [0.05, 0.1) is 4.92 Å². The first-order valence-corrected chi connectivity index (χ1v) is 7.29. The van der Waals surface area contributed by atoms with Crippen molar-refractivity contribution in [3.63, 3.8) is 0 Å². The first-order valence-electron chi connectivity index (χ1n) is 6.50. The van der Waals surface area contributed by atoms with Crippen LogP contribution in [0.2, 0.25) is 0 Å². The predicted molar refractivity (Wildman–Crippen MR) is 88.6 cm³/mol. The lowest BCUT2D eigenvalue weighted by atomic mass is 10.1. The Labute approximate surface area is 131 Å². The number of nitro groups is 1. The standard InChI is InChI=1S/C15H16BrN3O2/c1-10-8-14(13(16)9-15(10)19(20)21)18-7-6-11-2-4-12(17)5-3-11/h2-5,8-9,18H,6-7,17H2,1H3. The molecule has 2 aromatic rings. The summed E-state index contributed by atoms with van der Waals surface area (Å²) in [6, 6.07) is 11.1. The van der Waals surface area contributed by atoms with Gasteiger partial charge < -0.3 is 11.1 Å². The van der Waals surface area contributed by atoms with E-state index in [0.29, 0.717) is 10.0 Å². The molecule has 3 N–H and O–H groups in total. The smallest absolute Gasteiger partial charge is 0.273 e. The highest BCUT2D eigenvalue weighted by atomic mass is 79.9. The lowest BCUT2D eigenvalue weighted by Crippen LogP contribution is -2.06. The van der Waals surface area contributed by atoms with Crippen molar-refractivity contribution >= 4 is 33.0 Å². The second kappa shape index (κ2) is 6.58. The van der Waals surface area contributed by atoms with Gasteiger partial charge in [-0.2, -0.15) is 0 Å². The molecule has 0 fully saturated rings. The number of nitrogens with one attached hydrogen (secondary N) is 1. The van der Waals surface area contributed by atoms with E-state index in [1.54, 1.807) is 13.0 Å². The van der Waals surface area contributed by atoms with Gasteiger partial charge >= 0.3 is 0 Å². The maximum atomic E-state index is 10.9. The van der Waals surface area contributed by atoms with Crippen LogP contribution in [0, 0.1) is 17.0 Å². The van der Waals surface area contributed by atoms with Gasteiger partial charge in [-0.25, -0.2) is 0 Å². The Morgan fingerprint density at radius 1 is 1.29 bits per heavy atom. The molecule has 0 saturated heterocycles. The number of aryl methyl sites for hydroxylation is 1. The highest BCUT2D eigenvalue weighted by molar-refractivity contribution is 9.10. The molecule has 0 spiro atoms. The van der Waals surface area contributed by atoms with Crippen LogP contribution in [0.25, 0.3) is 0 Å². The summed E-state index contributed by atoms with van der Waals surface area (Å²) in [7, 11) is 0. The van der Waals surface area contributed by atoms with E-state index in [-0.39, 0.29) is 10.6 Å². The highest BCUT2D eigenvalue weighted by Crippen LogP contribution is 2.30. The van der Waals surface area contributed by atoms with Crippen LogP contribution in [-0.2, 0) is 6.42 Å². The molecule has 6 heteroatoms. The second-order valence-electron chi connectivity index (χ2n) is 4.79. The third kappa shape index (κ3) is 3.95. The first-order chi connectivity index (χ1) is 9.97. The molecule has 0 heterocycles. The van der Waals surface area contributed by atoms with Crippen LogP contribution in [-0.4, -0.2) is 11.5 Å². The molecule has 2 aromatic carbocycles. The average molecular weight is 350 g/mol. The summed E-state index contributed by atoms with van der Waals surface area (Å²) >= 11 is 3.36. The number of hydrogen-bond acceptors (Lipinski definition) is 4. The number of benzene rings is 2. The molecule has 5 nitrogen and oxygen atoms in total. The molecule has 0 aliphatic carbocycles. The number of nitrogens with zero attached hydrogens (tertiary/aromatic N) is 1. The molecule has 0 atom stereocenters. The van der Waals surface area contributed by atoms with Crippen LogP contribution in [0.5, 0.6) is 0 Å². The van der Waals surface area contributed by atoms with E-state index in [4.69, 9.17) is 5.73 Å². The van der Waals surface area contributed by atoms with E-state index in [1.807, 2.05) is 24.3 Å². The Morgan fingerprint density at radius 3 is 2.57 bits per heavy atom. The number of halogens is 1. The van der Waals surface area contributed by atoms with E-state index in [2.05, 4.69) is 21.2 Å². The minimum atomic E-state index is -0.377. The van der Waals surface area contributed by atoms with Gasteiger partial charge in [-0.15, -0.1) is 0 Å². The van der Waals surface area contributed by atoms with E-state index in [0.717, 1.165) is 24.3 Å². The fourth-order valence-corrected chi connectivity index (χ4v) is 2.50. The molecule has 0 aromatic heterocycles. The van der Waals surface area contributed by atoms with Gasteiger partial charge in [0.25, 0.3) is 5.69 Å². The number of rotatable bonds is 5. The molecule has 0 radical (unpaired) electrons. The lowest BCUT2D eigenvalue weighted by molar-refractivity contribution is -0.385. The third-order valence-electron chi connectivity index (χ3n) is 3.19. The fourth-order valence-electron chi connectivity index (χ4n) is 2.03. The molecular weight excluding hydrogens is 334 g/mol. The number of anilines is 2. The highest BCUT2D eigenvalue weighted by Gasteiger charge is 2.13. The van der Waals surface area contributed by atoms with Gasteiger partial charge in [-0.3, -0.25) is 10.1 Å². The van der Waals surface area contributed by atoms with Gasteiger partial charge in [0.15, 0.2) is 0 Å². The fraction of sp³-hybridized carbons (Fsp3) is 0.200. The minimum absolute atomic E-state index is 0.117. The van der Waals surface area contributed by atoms with Crippen molar-refractivity contribution in [3.05, 3.63) is 62.1 Å². The van der Waals surface area contributed by atoms with E-state index in [9.17, 15) is 10.1 Å². The van der Waals surface area contributed by atoms with Crippen molar-refractivity contribution in [1.82, 2.24) is 0 Å². The molecule has 0 bridgehead atoms. The van der Waals surface area contributed by atoms with E-state index in [1.165, 1.54) is 11.6 Å². The molecule has 2 rings (SSSR count). The quantitative estimate of drug-likeness (QED) is 0.487. The number of hydrogen-bond donors (Lipinski definition) is 2. The summed E-state index contributed by atoms with van der Waals surface area (Å²) < 4.78 is 0.692. The zero-order valence-corrected chi connectivity index (χ0v) is 13.2. The number of nitrogen functional groups attached to an aromatic ring is 1. The van der Waals surface area contributed by atoms with Gasteiger partial charge in [0.2, 0.25) is 0 Å². The molecule has 0 amide bonds. The van der Waals surface area contributed by atoms with Crippen LogP contribution >= 0.6 is 15.9 Å². The Bertz CT molecular complexity index is 657. The van der Waals surface area contributed by atoms with Gasteiger partial charge in [-0.1, -0.05) is 12.1 Å². The Kier molecular flexibility index (Phi) is 4.80. The zero-order chi connectivity index (χ0) is 15.4. The average Bonchev–Trinajstić information content (AvgIpc) is 2.44. The van der Waals surface area contributed by atoms with Gasteiger partial charge in [0, 0.05) is 34.0 Å². The Morgan fingerprint density at radius 2 is 1.95 bits per heavy atom. The topological polar surface area (TPSA) is 81.2 Å². The maximum absolute atomic E-state index is 10.9. The predicted octanol–water partition coefficient (Wildman–Crippen LogP) is 3.90. The summed E-state index contributed by atoms with van der Waals surface area (Å²) in [5.41, 5.74) is 9.19. The summed E-state index contributed by atoms with van der Waals surface area (Å²) in [5.74, 6) is 0. The monoisotopic (exact) mass is 349 g/mol. The van der Waals surface area contributed by atoms with Gasteiger partial charge in [0.1, 0.15) is 0 Å². The number of nitro benzene ring substituents is 1. The van der Waals surface area contributed by atoms with Crippen LogP contribution < -0.4 is 11.1 Å². The zero-order valence-electron chi connectivity index (χ0n) is 11.6. The van der Waals surface area contributed by atoms with Crippen LogP contribution in [0.4, 0.5) is 17.1 Å². The minimum Gasteiger partial charge on any atom is -0.399 e. The Balaban J connectivity index is 2.02. The first kappa shape index (κ1) is 15.3. The van der Waals surface area contributed by atoms with E-state index < -0.39 is 0 Å². The normalized spacial score (nSPS) is 10.4. The van der Waals surface area contributed by atoms with Crippen LogP contribution in [0.1, 0.15) is 11.1 Å². The molecular formula is C15H16BrN3O2. The molecule has 110 valence electrons. The van der Waals surface area contributed by atoms with Crippen molar-refractivity contribution in [2.24, 2.45) is 0 Å². The summed E-state index contributed by atoms with van der Waals surface area (Å²) in [6.45, 7) is 2.47. The van der Waals surface area contributed by atoms with Crippen molar-refractivity contribution in [1.29, 1.82) is 0 Å². The largest absolute Gasteiger partial charge is 0.399 e. The lowest BCUT2D eigenvalue weighted by Gasteiger charge is -2.10. The van der Waals surface area contributed by atoms with Crippen LogP contribution in [0.15, 0.2) is 40.9 Å². The van der Waals surface area contributed by atoms with Crippen molar-refractivity contribution in [3.8, 4) is 0 Å².